The standard InChI is InChI=1S/C26H28FN3O2/c1-18-11-12-19(27)17-23(18)32-26-24(25(31)29-15-13-28-14-16-29)21-9-5-6-10-22(21)30(26)20-7-3-2-4-8-20/h3,5-7,9-12,17,20,28H,2,4,8,13-16H2,1H3/t20-/m0/s1. The van der Waals surface area contributed by atoms with Crippen molar-refractivity contribution >= 4 is 16.8 Å². The Morgan fingerprint density at radius 1 is 1.16 bits per heavy atom. The summed E-state index contributed by atoms with van der Waals surface area (Å²) in [6.45, 7) is 4.74. The highest BCUT2D eigenvalue weighted by Gasteiger charge is 2.31. The van der Waals surface area contributed by atoms with E-state index in [0.717, 1.165) is 48.8 Å². The van der Waals surface area contributed by atoms with Crippen LogP contribution in [0.4, 0.5) is 4.39 Å². The molecule has 2 aromatic carbocycles. The number of allylic oxidation sites excluding steroid dienone is 2. The van der Waals surface area contributed by atoms with Crippen LogP contribution >= 0.6 is 0 Å². The molecule has 32 heavy (non-hydrogen) atoms. The van der Waals surface area contributed by atoms with Crippen molar-refractivity contribution < 1.29 is 13.9 Å². The molecule has 0 radical (unpaired) electrons. The smallest absolute Gasteiger partial charge is 0.260 e. The molecule has 1 amide bonds. The Bertz CT molecular complexity index is 1180. The number of carbonyl (C=O) groups is 1. The first-order valence-electron chi connectivity index (χ1n) is 11.4. The van der Waals surface area contributed by atoms with Crippen molar-refractivity contribution in [2.75, 3.05) is 26.2 Å². The summed E-state index contributed by atoms with van der Waals surface area (Å²) in [5.74, 6) is 0.536. The summed E-state index contributed by atoms with van der Waals surface area (Å²) >= 11 is 0. The van der Waals surface area contributed by atoms with E-state index in [1.54, 1.807) is 6.07 Å². The van der Waals surface area contributed by atoms with Gasteiger partial charge in [-0.25, -0.2) is 4.39 Å². The van der Waals surface area contributed by atoms with Crippen molar-refractivity contribution in [3.63, 3.8) is 0 Å². The molecule has 1 aromatic heterocycles. The molecular weight excluding hydrogens is 405 g/mol. The van der Waals surface area contributed by atoms with Gasteiger partial charge in [0.25, 0.3) is 5.91 Å². The minimum absolute atomic E-state index is 0.0368. The second-order valence-electron chi connectivity index (χ2n) is 8.55. The topological polar surface area (TPSA) is 46.5 Å². The van der Waals surface area contributed by atoms with Crippen LogP contribution in [0.3, 0.4) is 0 Å². The molecule has 1 fully saturated rings. The molecule has 0 spiro atoms. The average molecular weight is 434 g/mol. The minimum Gasteiger partial charge on any atom is -0.440 e. The van der Waals surface area contributed by atoms with Crippen LogP contribution in [0.15, 0.2) is 54.6 Å². The van der Waals surface area contributed by atoms with Crippen LogP contribution in [0.1, 0.15) is 41.2 Å². The molecule has 0 bridgehead atoms. The lowest BCUT2D eigenvalue weighted by Gasteiger charge is -2.28. The zero-order valence-electron chi connectivity index (χ0n) is 18.3. The normalized spacial score (nSPS) is 18.8. The molecule has 3 aromatic rings. The second-order valence-corrected chi connectivity index (χ2v) is 8.55. The summed E-state index contributed by atoms with van der Waals surface area (Å²) in [7, 11) is 0. The van der Waals surface area contributed by atoms with Crippen molar-refractivity contribution in [1.29, 1.82) is 0 Å². The van der Waals surface area contributed by atoms with Crippen LogP contribution in [0.2, 0.25) is 0 Å². The Labute approximate surface area is 187 Å². The Morgan fingerprint density at radius 3 is 2.75 bits per heavy atom. The Kier molecular flexibility index (Phi) is 5.70. The number of amides is 1. The van der Waals surface area contributed by atoms with E-state index in [0.29, 0.717) is 30.3 Å². The molecule has 1 N–H and O–H groups in total. The summed E-state index contributed by atoms with van der Waals surface area (Å²) in [6.07, 6.45) is 7.49. The van der Waals surface area contributed by atoms with Crippen LogP contribution in [0.5, 0.6) is 11.6 Å². The quantitative estimate of drug-likeness (QED) is 0.575. The summed E-state index contributed by atoms with van der Waals surface area (Å²) in [4.78, 5) is 15.7. The maximum Gasteiger partial charge on any atom is 0.260 e. The van der Waals surface area contributed by atoms with Crippen molar-refractivity contribution in [2.45, 2.75) is 32.2 Å². The van der Waals surface area contributed by atoms with E-state index < -0.39 is 0 Å². The average Bonchev–Trinajstić information content (AvgIpc) is 3.15. The van der Waals surface area contributed by atoms with E-state index in [1.807, 2.05) is 36.1 Å². The van der Waals surface area contributed by atoms with Gasteiger partial charge in [-0.2, -0.15) is 0 Å². The van der Waals surface area contributed by atoms with Gasteiger partial charge in [-0.1, -0.05) is 36.4 Å². The summed E-state index contributed by atoms with van der Waals surface area (Å²) in [6, 6.07) is 12.6. The second kappa shape index (κ2) is 8.79. The first kappa shape index (κ1) is 20.8. The van der Waals surface area contributed by atoms with Crippen LogP contribution < -0.4 is 10.1 Å². The van der Waals surface area contributed by atoms with Gasteiger partial charge in [-0.15, -0.1) is 0 Å². The van der Waals surface area contributed by atoms with E-state index in [-0.39, 0.29) is 17.8 Å². The molecule has 0 saturated carbocycles. The Balaban J connectivity index is 1.72. The predicted octanol–water partition coefficient (Wildman–Crippen LogP) is 5.21. The molecule has 6 heteroatoms. The van der Waals surface area contributed by atoms with E-state index in [2.05, 4.69) is 22.0 Å². The van der Waals surface area contributed by atoms with Gasteiger partial charge in [-0.3, -0.25) is 4.79 Å². The number of fused-ring (bicyclic) bond motifs is 1. The number of carbonyl (C=O) groups excluding carboxylic acids is 1. The van der Waals surface area contributed by atoms with Gasteiger partial charge in [0.15, 0.2) is 0 Å². The number of nitrogens with zero attached hydrogens (tertiary/aromatic N) is 2. The van der Waals surface area contributed by atoms with E-state index in [9.17, 15) is 9.18 Å². The molecule has 166 valence electrons. The van der Waals surface area contributed by atoms with Crippen molar-refractivity contribution in [2.24, 2.45) is 0 Å². The maximum atomic E-state index is 14.1. The van der Waals surface area contributed by atoms with E-state index >= 15 is 0 Å². The van der Waals surface area contributed by atoms with Gasteiger partial charge in [0.1, 0.15) is 17.1 Å². The summed E-state index contributed by atoms with van der Waals surface area (Å²) in [5, 5.41) is 4.18. The number of aryl methyl sites for hydroxylation is 1. The fraction of sp³-hybridized carbons (Fsp3) is 0.346. The number of para-hydroxylation sites is 1. The van der Waals surface area contributed by atoms with Gasteiger partial charge in [0.2, 0.25) is 5.88 Å². The molecule has 1 aliphatic carbocycles. The Morgan fingerprint density at radius 2 is 1.97 bits per heavy atom. The fourth-order valence-corrected chi connectivity index (χ4v) is 4.70. The Hall–Kier alpha value is -3.12. The third kappa shape index (κ3) is 3.79. The SMILES string of the molecule is Cc1ccc(F)cc1Oc1c(C(=O)N2CCNCC2)c2ccccc2n1[C@H]1C=CCCC1. The molecule has 2 aliphatic rings. The minimum atomic E-state index is -0.360. The number of aromatic nitrogens is 1. The zero-order chi connectivity index (χ0) is 22.1. The molecular formula is C26H28FN3O2. The lowest BCUT2D eigenvalue weighted by Crippen LogP contribution is -2.46. The van der Waals surface area contributed by atoms with Crippen LogP contribution in [-0.4, -0.2) is 41.6 Å². The number of hydrogen-bond acceptors (Lipinski definition) is 3. The maximum absolute atomic E-state index is 14.1. The highest BCUT2D eigenvalue weighted by molar-refractivity contribution is 6.10. The first-order chi connectivity index (χ1) is 15.6. The number of piperazine rings is 1. The number of benzene rings is 2. The highest BCUT2D eigenvalue weighted by Crippen LogP contribution is 2.41. The van der Waals surface area contributed by atoms with Crippen LogP contribution in [0, 0.1) is 12.7 Å². The van der Waals surface area contributed by atoms with E-state index in [1.165, 1.54) is 12.1 Å². The molecule has 0 unspecified atom stereocenters. The molecule has 5 nitrogen and oxygen atoms in total. The first-order valence-corrected chi connectivity index (χ1v) is 11.4. The zero-order valence-corrected chi connectivity index (χ0v) is 18.3. The lowest BCUT2D eigenvalue weighted by atomic mass is 10.0. The summed E-state index contributed by atoms with van der Waals surface area (Å²) in [5.41, 5.74) is 2.35. The van der Waals surface area contributed by atoms with Gasteiger partial charge in [0.05, 0.1) is 11.6 Å². The number of hydrogen-bond donors (Lipinski definition) is 1. The predicted molar refractivity (Wildman–Crippen MR) is 124 cm³/mol. The monoisotopic (exact) mass is 433 g/mol. The van der Waals surface area contributed by atoms with Gasteiger partial charge in [0, 0.05) is 37.6 Å². The van der Waals surface area contributed by atoms with Crippen molar-refractivity contribution in [3.8, 4) is 11.6 Å². The molecule has 1 atom stereocenters. The van der Waals surface area contributed by atoms with Crippen molar-refractivity contribution in [3.05, 3.63) is 71.6 Å². The highest BCUT2D eigenvalue weighted by atomic mass is 19.1. The van der Waals surface area contributed by atoms with Crippen molar-refractivity contribution in [1.82, 2.24) is 14.8 Å². The van der Waals surface area contributed by atoms with Crippen LogP contribution in [0.25, 0.3) is 10.9 Å². The molecule has 1 saturated heterocycles. The van der Waals surface area contributed by atoms with Crippen LogP contribution in [-0.2, 0) is 0 Å². The number of rotatable bonds is 4. The molecule has 1 aliphatic heterocycles. The number of nitrogens with one attached hydrogen (secondary N) is 1. The number of ether oxygens (including phenoxy) is 1. The van der Waals surface area contributed by atoms with Gasteiger partial charge in [-0.05, 0) is 43.9 Å². The van der Waals surface area contributed by atoms with Gasteiger partial charge >= 0.3 is 0 Å². The third-order valence-electron chi connectivity index (χ3n) is 6.40. The van der Waals surface area contributed by atoms with Gasteiger partial charge < -0.3 is 19.5 Å². The van der Waals surface area contributed by atoms with E-state index in [4.69, 9.17) is 4.74 Å². The molecule has 2 heterocycles. The fourth-order valence-electron chi connectivity index (χ4n) is 4.70. The number of halogens is 1. The molecule has 5 rings (SSSR count). The third-order valence-corrected chi connectivity index (χ3v) is 6.40. The summed E-state index contributed by atoms with van der Waals surface area (Å²) < 4.78 is 22.6. The lowest BCUT2D eigenvalue weighted by molar-refractivity contribution is 0.0734. The largest absolute Gasteiger partial charge is 0.440 e.